The lowest BCUT2D eigenvalue weighted by atomic mass is 9.81. The second-order valence-electron chi connectivity index (χ2n) is 12.8. The molecule has 0 aliphatic heterocycles. The molecule has 1 aliphatic carbocycles. The number of carboxylic acid groups (broad SMARTS) is 1. The molecule has 266 valence electrons. The zero-order chi connectivity index (χ0) is 36.0. The number of H-pyrrole nitrogens is 2. The molecule has 0 saturated heterocycles. The van der Waals surface area contributed by atoms with Crippen LogP contribution in [0.1, 0.15) is 50.7 Å². The Balaban J connectivity index is 1.32. The molecule has 1 saturated carbocycles. The number of rotatable bonds is 13. The minimum atomic E-state index is -3.59. The monoisotopic (exact) mass is 704 g/mol. The van der Waals surface area contributed by atoms with E-state index in [0.29, 0.717) is 61.9 Å². The van der Waals surface area contributed by atoms with Gasteiger partial charge < -0.3 is 21.1 Å². The summed E-state index contributed by atoms with van der Waals surface area (Å²) in [7, 11) is -3.59. The molecule has 0 bridgehead atoms. The predicted octanol–water partition coefficient (Wildman–Crippen LogP) is 4.60. The van der Waals surface area contributed by atoms with Crippen LogP contribution in [-0.4, -0.2) is 71.6 Å². The lowest BCUT2D eigenvalue weighted by Gasteiger charge is -2.29. The van der Waals surface area contributed by atoms with Crippen LogP contribution in [0.15, 0.2) is 70.4 Å². The first-order chi connectivity index (χ1) is 23.9. The Morgan fingerprint density at radius 2 is 1.64 bits per heavy atom. The van der Waals surface area contributed by atoms with Crippen molar-refractivity contribution in [1.82, 2.24) is 25.1 Å². The van der Waals surface area contributed by atoms with Crippen molar-refractivity contribution >= 4 is 44.5 Å². The number of sulfonamides is 1. The van der Waals surface area contributed by atoms with Gasteiger partial charge in [-0.05, 0) is 91.1 Å². The number of hydrogen-bond acceptors (Lipinski definition) is 6. The summed E-state index contributed by atoms with van der Waals surface area (Å²) in [5.74, 6) is -0.784. The highest BCUT2D eigenvalue weighted by molar-refractivity contribution is 7.89. The molecule has 1 atom stereocenters. The summed E-state index contributed by atoms with van der Waals surface area (Å²) >= 11 is 0. The fourth-order valence-corrected chi connectivity index (χ4v) is 8.14. The van der Waals surface area contributed by atoms with E-state index in [-0.39, 0.29) is 34.6 Å². The number of carbonyl (C=O) groups excluding carboxylic acids is 2. The van der Waals surface area contributed by atoms with Crippen LogP contribution < -0.4 is 21.5 Å². The van der Waals surface area contributed by atoms with Crippen LogP contribution >= 0.6 is 0 Å². The second-order valence-corrected chi connectivity index (χ2v) is 14.7. The number of amides is 3. The zero-order valence-electron chi connectivity index (χ0n) is 28.4. The zero-order valence-corrected chi connectivity index (χ0v) is 29.2. The first kappa shape index (κ1) is 36.3. The summed E-state index contributed by atoms with van der Waals surface area (Å²) in [5, 5.41) is 22.9. The van der Waals surface area contributed by atoms with Gasteiger partial charge in [-0.15, -0.1) is 0 Å². The lowest BCUT2D eigenvalue weighted by molar-refractivity contribution is -0.130. The highest BCUT2D eigenvalue weighted by Gasteiger charge is 2.30. The molecule has 14 heteroatoms. The molecule has 0 spiro atoms. The van der Waals surface area contributed by atoms with Gasteiger partial charge in [0.2, 0.25) is 21.8 Å². The number of aromatic amines is 2. The Kier molecular flexibility index (Phi) is 11.4. The van der Waals surface area contributed by atoms with Crippen LogP contribution in [-0.2, 0) is 26.0 Å². The molecule has 0 unspecified atom stereocenters. The van der Waals surface area contributed by atoms with Gasteiger partial charge in [0.1, 0.15) is 6.04 Å². The smallest absolute Gasteiger partial charge is 0.404 e. The third-order valence-electron chi connectivity index (χ3n) is 9.48. The largest absolute Gasteiger partial charge is 0.465 e. The van der Waals surface area contributed by atoms with E-state index >= 15 is 0 Å². The second kappa shape index (κ2) is 15.7. The van der Waals surface area contributed by atoms with E-state index in [1.165, 1.54) is 4.31 Å². The fraction of sp³-hybridized carbons (Fsp3) is 0.389. The van der Waals surface area contributed by atoms with Gasteiger partial charge in [-0.3, -0.25) is 24.6 Å². The summed E-state index contributed by atoms with van der Waals surface area (Å²) in [6.45, 7) is 6.61. The van der Waals surface area contributed by atoms with Crippen molar-refractivity contribution in [3.63, 3.8) is 0 Å². The van der Waals surface area contributed by atoms with Crippen molar-refractivity contribution in [3.05, 3.63) is 82.1 Å². The van der Waals surface area contributed by atoms with Gasteiger partial charge in [-0.25, -0.2) is 13.2 Å². The van der Waals surface area contributed by atoms with Crippen molar-refractivity contribution in [2.24, 2.45) is 11.8 Å². The molecule has 4 aromatic rings. The summed E-state index contributed by atoms with van der Waals surface area (Å²) in [4.78, 5) is 50.2. The van der Waals surface area contributed by atoms with Gasteiger partial charge in [0.05, 0.1) is 15.8 Å². The van der Waals surface area contributed by atoms with E-state index in [1.54, 1.807) is 36.4 Å². The highest BCUT2D eigenvalue weighted by atomic mass is 32.2. The average Bonchev–Trinajstić information content (AvgIpc) is 3.47. The summed E-state index contributed by atoms with van der Waals surface area (Å²) < 4.78 is 27.5. The number of fused-ring (bicyclic) bond motifs is 1. The van der Waals surface area contributed by atoms with Crippen LogP contribution in [0.5, 0.6) is 0 Å². The maximum atomic E-state index is 13.7. The molecule has 1 heterocycles. The minimum Gasteiger partial charge on any atom is -0.465 e. The number of nitrogens with zero attached hydrogens (tertiary/aromatic N) is 1. The Morgan fingerprint density at radius 1 is 0.940 bits per heavy atom. The minimum absolute atomic E-state index is 0.161. The highest BCUT2D eigenvalue weighted by Crippen LogP contribution is 2.30. The van der Waals surface area contributed by atoms with Gasteiger partial charge >= 0.3 is 6.09 Å². The van der Waals surface area contributed by atoms with Gasteiger partial charge in [0, 0.05) is 37.7 Å². The van der Waals surface area contributed by atoms with Gasteiger partial charge in [-0.1, -0.05) is 44.2 Å². The molecule has 5 rings (SSSR count). The molecule has 1 fully saturated rings. The molecule has 50 heavy (non-hydrogen) atoms. The lowest BCUT2D eigenvalue weighted by Crippen LogP contribution is -2.48. The number of aromatic nitrogens is 2. The Bertz CT molecular complexity index is 2010. The van der Waals surface area contributed by atoms with E-state index < -0.39 is 28.1 Å². The molecule has 0 radical (unpaired) electrons. The third kappa shape index (κ3) is 8.43. The predicted molar refractivity (Wildman–Crippen MR) is 191 cm³/mol. The Labute approximate surface area is 290 Å². The number of anilines is 1. The summed E-state index contributed by atoms with van der Waals surface area (Å²) in [6.07, 6.45) is 1.72. The molecule has 13 nitrogen and oxygen atoms in total. The van der Waals surface area contributed by atoms with Crippen molar-refractivity contribution in [2.75, 3.05) is 25.0 Å². The number of hydrogen-bond donors (Lipinski definition) is 6. The van der Waals surface area contributed by atoms with Crippen LogP contribution in [0.2, 0.25) is 0 Å². The molecule has 1 aromatic heterocycles. The molecule has 3 aromatic carbocycles. The quantitative estimate of drug-likeness (QED) is 0.117. The molecular formula is C36H44N6O7S. The van der Waals surface area contributed by atoms with Crippen LogP contribution in [0.4, 0.5) is 10.5 Å². The van der Waals surface area contributed by atoms with E-state index in [2.05, 4.69) is 26.1 Å². The normalized spacial score (nSPS) is 17.0. The van der Waals surface area contributed by atoms with E-state index in [1.807, 2.05) is 45.0 Å². The molecular weight excluding hydrogens is 660 g/mol. The van der Waals surface area contributed by atoms with Crippen molar-refractivity contribution in [3.8, 4) is 11.1 Å². The van der Waals surface area contributed by atoms with Crippen molar-refractivity contribution in [2.45, 2.75) is 63.8 Å². The third-order valence-corrected chi connectivity index (χ3v) is 11.5. The summed E-state index contributed by atoms with van der Waals surface area (Å²) in [5.41, 5.74) is 4.10. The van der Waals surface area contributed by atoms with Crippen LogP contribution in [0.3, 0.4) is 0 Å². The number of carbonyl (C=O) groups is 3. The van der Waals surface area contributed by atoms with Gasteiger partial charge in [0.25, 0.3) is 5.56 Å². The average molecular weight is 705 g/mol. The standard InChI is InChI=1S/C36H44N6O7S/c1-4-42(5-2)50(48,49)28-15-17-29(22(3)18-28)25-10-6-23(7-11-25)19-32(35(45)38-27-14-16-30-31(20-27)40-41-34(30)44)39-33(43)26-12-8-24(9-13-26)21-37-36(46)47/h6-7,10-11,14-18,20,24,26,32,37H,4-5,8-9,12-13,19,21H2,1-3H3,(H,38,45)(H,39,43)(H,46,47)(H2,40,41,44)/t24?,26?,32-/m0/s1. The fourth-order valence-electron chi connectivity index (χ4n) is 6.59. The number of nitrogens with one attached hydrogen (secondary N) is 5. The molecule has 3 amide bonds. The van der Waals surface area contributed by atoms with Gasteiger partial charge in [-0.2, -0.15) is 4.31 Å². The first-order valence-electron chi connectivity index (χ1n) is 16.9. The van der Waals surface area contributed by atoms with Gasteiger partial charge in [0.15, 0.2) is 0 Å². The topological polar surface area (TPSA) is 194 Å². The molecule has 1 aliphatic rings. The summed E-state index contributed by atoms with van der Waals surface area (Å²) in [6, 6.07) is 16.7. The van der Waals surface area contributed by atoms with Crippen LogP contribution in [0.25, 0.3) is 22.0 Å². The number of aryl methyl sites for hydroxylation is 1. The van der Waals surface area contributed by atoms with Crippen molar-refractivity contribution in [1.29, 1.82) is 0 Å². The van der Waals surface area contributed by atoms with Crippen molar-refractivity contribution < 1.29 is 27.9 Å². The Hall–Kier alpha value is -4.95. The maximum absolute atomic E-state index is 13.7. The first-order valence-corrected chi connectivity index (χ1v) is 18.3. The van der Waals surface area contributed by atoms with E-state index in [9.17, 15) is 27.6 Å². The maximum Gasteiger partial charge on any atom is 0.404 e. The van der Waals surface area contributed by atoms with E-state index in [0.717, 1.165) is 22.3 Å². The Morgan fingerprint density at radius 3 is 2.28 bits per heavy atom. The van der Waals surface area contributed by atoms with Crippen LogP contribution in [0, 0.1) is 18.8 Å². The SMILES string of the molecule is CCN(CC)S(=O)(=O)c1ccc(-c2ccc(C[C@H](NC(=O)C3CCC(CNC(=O)O)CC3)C(=O)Nc3ccc4c(=O)[nH][nH]c4c3)cc2)c(C)c1. The number of benzene rings is 3. The van der Waals surface area contributed by atoms with E-state index in [4.69, 9.17) is 5.11 Å². The molecule has 6 N–H and O–H groups in total.